The Bertz CT molecular complexity index is 1380. The zero-order valence-corrected chi connectivity index (χ0v) is 32.1. The first kappa shape index (κ1) is 44.5. The van der Waals surface area contributed by atoms with Crippen LogP contribution in [0.3, 0.4) is 0 Å². The molecule has 0 bridgehead atoms. The smallest absolute Gasteiger partial charge is 0.118 e. The van der Waals surface area contributed by atoms with Gasteiger partial charge in [-0.05, 0) is 84.6 Å². The van der Waals surface area contributed by atoms with Crippen LogP contribution in [0, 0.1) is 0 Å². The van der Waals surface area contributed by atoms with Crippen LogP contribution in [-0.4, -0.2) is 95.8 Å². The summed E-state index contributed by atoms with van der Waals surface area (Å²) in [5.41, 5.74) is 3.52. The van der Waals surface area contributed by atoms with Crippen LogP contribution in [0.5, 0.6) is 17.2 Å². The Kier molecular flexibility index (Phi) is 23.1. The molecule has 0 spiro atoms. The molecule has 3 N–H and O–H groups in total. The first-order chi connectivity index (χ1) is 25.2. The number of hydrogen-bond acceptors (Lipinski definition) is 11. The summed E-state index contributed by atoms with van der Waals surface area (Å²) in [6.07, 6.45) is -1.45. The number of aliphatic hydroxyl groups excluding tert-OH is 3. The van der Waals surface area contributed by atoms with Crippen molar-refractivity contribution in [3.05, 3.63) is 119 Å². The molecule has 4 aromatic carbocycles. The molecule has 4 rings (SSSR count). The van der Waals surface area contributed by atoms with Crippen LogP contribution in [0.25, 0.3) is 0 Å². The SMILES string of the molecule is COCCOCCOCCOCCSc1ccc(C(C)O)cc1.COc1ccc(C(C)O)cc1.COc1ccc(C(O)c2ccc(OC)cc2)cc1. The number of rotatable bonds is 20. The van der Waals surface area contributed by atoms with E-state index in [2.05, 4.69) is 0 Å². The maximum Gasteiger partial charge on any atom is 0.118 e. The standard InChI is InChI=1S/C17H28O5S.C15H16O3.C9H12O2/c1-15(18)16-3-5-17(6-4-16)23-14-13-22-12-11-21-10-9-20-8-7-19-2;1-17-13-7-3-11(4-8-13)15(16)12-5-9-14(18-2)10-6-12;1-7(10)8-3-5-9(11-2)6-4-8/h3-6,15,18H,7-14H2,1-2H3;3-10,15-16H,1-2H3;3-7,10H,1-2H3. The van der Waals surface area contributed by atoms with Gasteiger partial charge in [0.25, 0.3) is 0 Å². The molecule has 0 aliphatic heterocycles. The van der Waals surface area contributed by atoms with E-state index in [0.29, 0.717) is 46.2 Å². The van der Waals surface area contributed by atoms with Crippen molar-refractivity contribution >= 4 is 11.8 Å². The highest BCUT2D eigenvalue weighted by atomic mass is 32.2. The number of hydrogen-bond donors (Lipinski definition) is 3. The molecule has 0 saturated heterocycles. The third-order valence-corrected chi connectivity index (χ3v) is 8.47. The summed E-state index contributed by atoms with van der Waals surface area (Å²) in [6.45, 7) is 7.76. The Morgan fingerprint density at radius 1 is 0.442 bits per heavy atom. The molecular formula is C41H56O10S. The van der Waals surface area contributed by atoms with E-state index >= 15 is 0 Å². The van der Waals surface area contributed by atoms with E-state index in [1.54, 1.807) is 54.0 Å². The Labute approximate surface area is 313 Å². The van der Waals surface area contributed by atoms with Gasteiger partial charge in [0, 0.05) is 17.8 Å². The van der Waals surface area contributed by atoms with Gasteiger partial charge in [-0.1, -0.05) is 48.5 Å². The third-order valence-electron chi connectivity index (χ3n) is 7.50. The quantitative estimate of drug-likeness (QED) is 0.0637. The minimum Gasteiger partial charge on any atom is -0.497 e. The number of aliphatic hydroxyl groups is 3. The lowest BCUT2D eigenvalue weighted by atomic mass is 10.0. The average molecular weight is 741 g/mol. The second-order valence-corrected chi connectivity index (χ2v) is 12.5. The Morgan fingerprint density at radius 3 is 1.12 bits per heavy atom. The Hall–Kier alpha value is -3.65. The summed E-state index contributed by atoms with van der Waals surface area (Å²) >= 11 is 1.74. The maximum atomic E-state index is 10.2. The lowest BCUT2D eigenvalue weighted by Gasteiger charge is -2.12. The molecule has 4 aromatic rings. The second-order valence-electron chi connectivity index (χ2n) is 11.3. The zero-order valence-electron chi connectivity index (χ0n) is 31.2. The van der Waals surface area contributed by atoms with Gasteiger partial charge in [0.2, 0.25) is 0 Å². The highest BCUT2D eigenvalue weighted by Gasteiger charge is 2.10. The molecular weight excluding hydrogens is 685 g/mol. The van der Waals surface area contributed by atoms with E-state index in [4.69, 9.17) is 38.3 Å². The lowest BCUT2D eigenvalue weighted by molar-refractivity contribution is 0.00565. The van der Waals surface area contributed by atoms with Crippen LogP contribution in [-0.2, 0) is 18.9 Å². The average Bonchev–Trinajstić information content (AvgIpc) is 3.18. The van der Waals surface area contributed by atoms with Crippen molar-refractivity contribution in [3.63, 3.8) is 0 Å². The van der Waals surface area contributed by atoms with Crippen LogP contribution < -0.4 is 14.2 Å². The third kappa shape index (κ3) is 18.2. The van der Waals surface area contributed by atoms with E-state index in [-0.39, 0.29) is 0 Å². The fourth-order valence-corrected chi connectivity index (χ4v) is 5.16. The minimum atomic E-state index is -0.637. The maximum absolute atomic E-state index is 10.2. The molecule has 0 radical (unpaired) electrons. The monoisotopic (exact) mass is 740 g/mol. The van der Waals surface area contributed by atoms with Crippen LogP contribution in [0.1, 0.15) is 54.4 Å². The van der Waals surface area contributed by atoms with Gasteiger partial charge < -0.3 is 48.5 Å². The molecule has 0 heterocycles. The predicted molar refractivity (Wildman–Crippen MR) is 206 cm³/mol. The largest absolute Gasteiger partial charge is 0.497 e. The van der Waals surface area contributed by atoms with Crippen LogP contribution in [0.2, 0.25) is 0 Å². The molecule has 0 amide bonds. The van der Waals surface area contributed by atoms with E-state index in [1.807, 2.05) is 97.1 Å². The highest BCUT2D eigenvalue weighted by Crippen LogP contribution is 2.25. The van der Waals surface area contributed by atoms with Gasteiger partial charge in [-0.15, -0.1) is 11.8 Å². The topological polar surface area (TPSA) is 125 Å². The molecule has 52 heavy (non-hydrogen) atoms. The van der Waals surface area contributed by atoms with Gasteiger partial charge in [-0.2, -0.15) is 0 Å². The predicted octanol–water partition coefficient (Wildman–Crippen LogP) is 7.06. The highest BCUT2D eigenvalue weighted by molar-refractivity contribution is 7.99. The van der Waals surface area contributed by atoms with Crippen LogP contribution in [0.4, 0.5) is 0 Å². The van der Waals surface area contributed by atoms with Gasteiger partial charge in [-0.25, -0.2) is 0 Å². The Balaban J connectivity index is 0.000000286. The van der Waals surface area contributed by atoms with Gasteiger partial charge in [0.15, 0.2) is 0 Å². The van der Waals surface area contributed by atoms with E-state index in [9.17, 15) is 10.2 Å². The first-order valence-electron chi connectivity index (χ1n) is 17.1. The van der Waals surface area contributed by atoms with E-state index in [1.165, 1.54) is 4.90 Å². The molecule has 0 fully saturated rings. The van der Waals surface area contributed by atoms with Gasteiger partial charge in [0.1, 0.15) is 23.4 Å². The second kappa shape index (κ2) is 27.0. The minimum absolute atomic E-state index is 0.402. The van der Waals surface area contributed by atoms with E-state index in [0.717, 1.165) is 45.3 Å². The fraction of sp³-hybridized carbons (Fsp3) is 0.415. The molecule has 0 aromatic heterocycles. The Morgan fingerprint density at radius 2 is 0.769 bits per heavy atom. The van der Waals surface area contributed by atoms with Crippen molar-refractivity contribution in [1.82, 2.24) is 0 Å². The number of benzene rings is 4. The van der Waals surface area contributed by atoms with Crippen LogP contribution in [0.15, 0.2) is 102 Å². The van der Waals surface area contributed by atoms with Crippen molar-refractivity contribution in [2.24, 2.45) is 0 Å². The summed E-state index contributed by atoms with van der Waals surface area (Å²) in [6, 6.07) is 30.1. The summed E-state index contributed by atoms with van der Waals surface area (Å²) in [5.74, 6) is 3.27. The molecule has 11 heteroatoms. The molecule has 0 aliphatic rings. The number of methoxy groups -OCH3 is 4. The summed E-state index contributed by atoms with van der Waals surface area (Å²) in [4.78, 5) is 1.18. The summed E-state index contributed by atoms with van der Waals surface area (Å²) in [5, 5.41) is 28.8. The lowest BCUT2D eigenvalue weighted by Crippen LogP contribution is -2.11. The summed E-state index contributed by atoms with van der Waals surface area (Å²) in [7, 11) is 6.52. The van der Waals surface area contributed by atoms with Crippen molar-refractivity contribution < 1.29 is 48.5 Å². The van der Waals surface area contributed by atoms with Crippen LogP contribution >= 0.6 is 11.8 Å². The molecule has 2 unspecified atom stereocenters. The van der Waals surface area contributed by atoms with Crippen molar-refractivity contribution in [1.29, 1.82) is 0 Å². The van der Waals surface area contributed by atoms with Gasteiger partial charge in [0.05, 0.1) is 79.8 Å². The molecule has 2 atom stereocenters. The summed E-state index contributed by atoms with van der Waals surface area (Å²) < 4.78 is 36.2. The fourth-order valence-electron chi connectivity index (χ4n) is 4.39. The van der Waals surface area contributed by atoms with Crippen molar-refractivity contribution in [2.45, 2.75) is 37.1 Å². The van der Waals surface area contributed by atoms with Crippen molar-refractivity contribution in [2.75, 3.05) is 80.4 Å². The molecule has 0 aliphatic carbocycles. The van der Waals surface area contributed by atoms with Gasteiger partial charge in [-0.3, -0.25) is 0 Å². The normalized spacial score (nSPS) is 11.8. The molecule has 0 saturated carbocycles. The van der Waals surface area contributed by atoms with Crippen molar-refractivity contribution in [3.8, 4) is 17.2 Å². The zero-order chi connectivity index (χ0) is 38.0. The van der Waals surface area contributed by atoms with Gasteiger partial charge >= 0.3 is 0 Å². The number of thioether (sulfide) groups is 1. The first-order valence-corrected chi connectivity index (χ1v) is 18.1. The number of ether oxygens (including phenoxy) is 7. The van der Waals surface area contributed by atoms with E-state index < -0.39 is 18.3 Å². The molecule has 10 nitrogen and oxygen atoms in total. The molecule has 286 valence electrons.